The monoisotopic (exact) mass is 267 g/mol. The van der Waals surface area contributed by atoms with Gasteiger partial charge in [-0.25, -0.2) is 4.79 Å². The molecule has 2 heterocycles. The van der Waals surface area contributed by atoms with Crippen molar-refractivity contribution in [2.75, 3.05) is 0 Å². The minimum Gasteiger partial charge on any atom is -0.408 e. The van der Waals surface area contributed by atoms with Crippen molar-refractivity contribution >= 4 is 11.1 Å². The van der Waals surface area contributed by atoms with Crippen molar-refractivity contribution in [3.05, 3.63) is 68.6 Å². The van der Waals surface area contributed by atoms with Crippen LogP contribution in [0.5, 0.6) is 0 Å². The summed E-state index contributed by atoms with van der Waals surface area (Å²) < 4.78 is 6.24. The van der Waals surface area contributed by atoms with Gasteiger partial charge in [0.05, 0.1) is 18.2 Å². The van der Waals surface area contributed by atoms with E-state index >= 15 is 0 Å². The third-order valence-electron chi connectivity index (χ3n) is 3.04. The topological polar surface area (TPSA) is 91.8 Å². The van der Waals surface area contributed by atoms with Crippen molar-refractivity contribution in [2.45, 2.75) is 6.54 Å². The standard InChI is InChI=1S/C14H9N3O3/c15-7-9-3-1-2-4-10(9)8-17-6-5-11-12(13(17)18)16-14(19)20-11/h1-6H,8H2,(H,16,19). The van der Waals surface area contributed by atoms with Crippen LogP contribution in [-0.2, 0) is 6.54 Å². The Kier molecular flexibility index (Phi) is 2.73. The Morgan fingerprint density at radius 2 is 2.05 bits per heavy atom. The van der Waals surface area contributed by atoms with Gasteiger partial charge in [-0.3, -0.25) is 9.78 Å². The van der Waals surface area contributed by atoms with Crippen LogP contribution in [0.15, 0.2) is 50.5 Å². The summed E-state index contributed by atoms with van der Waals surface area (Å²) >= 11 is 0. The van der Waals surface area contributed by atoms with Gasteiger partial charge in [0.25, 0.3) is 5.56 Å². The fourth-order valence-electron chi connectivity index (χ4n) is 2.06. The van der Waals surface area contributed by atoms with Gasteiger partial charge in [0, 0.05) is 6.20 Å². The Bertz CT molecular complexity index is 940. The maximum absolute atomic E-state index is 12.2. The Morgan fingerprint density at radius 1 is 1.25 bits per heavy atom. The highest BCUT2D eigenvalue weighted by Crippen LogP contribution is 2.10. The van der Waals surface area contributed by atoms with Crippen molar-refractivity contribution in [3.8, 4) is 6.07 Å². The summed E-state index contributed by atoms with van der Waals surface area (Å²) in [6, 6.07) is 10.7. The first kappa shape index (κ1) is 12.0. The van der Waals surface area contributed by atoms with E-state index in [0.717, 1.165) is 5.56 Å². The van der Waals surface area contributed by atoms with E-state index in [1.54, 1.807) is 30.3 Å². The summed E-state index contributed by atoms with van der Waals surface area (Å²) in [4.78, 5) is 25.7. The van der Waals surface area contributed by atoms with Crippen LogP contribution in [0.3, 0.4) is 0 Å². The second-order valence-electron chi connectivity index (χ2n) is 4.27. The first-order valence-electron chi connectivity index (χ1n) is 5.89. The summed E-state index contributed by atoms with van der Waals surface area (Å²) in [5.74, 6) is -0.660. The molecular weight excluding hydrogens is 258 g/mol. The van der Waals surface area contributed by atoms with E-state index < -0.39 is 5.76 Å². The largest absolute Gasteiger partial charge is 0.417 e. The fourth-order valence-corrected chi connectivity index (χ4v) is 2.06. The quantitative estimate of drug-likeness (QED) is 0.755. The number of aromatic amines is 1. The third kappa shape index (κ3) is 1.91. The van der Waals surface area contributed by atoms with Crippen LogP contribution in [-0.4, -0.2) is 9.55 Å². The molecule has 98 valence electrons. The predicted octanol–water partition coefficient (Wildman–Crippen LogP) is 1.20. The van der Waals surface area contributed by atoms with E-state index in [9.17, 15) is 9.59 Å². The van der Waals surface area contributed by atoms with E-state index in [-0.39, 0.29) is 23.2 Å². The number of rotatable bonds is 2. The van der Waals surface area contributed by atoms with E-state index in [1.807, 2.05) is 0 Å². The van der Waals surface area contributed by atoms with Crippen molar-refractivity contribution in [3.63, 3.8) is 0 Å². The number of benzene rings is 1. The maximum Gasteiger partial charge on any atom is 0.417 e. The molecule has 0 unspecified atom stereocenters. The number of nitrogens with zero attached hydrogens (tertiary/aromatic N) is 2. The van der Waals surface area contributed by atoms with Crippen LogP contribution in [0.4, 0.5) is 0 Å². The molecular formula is C14H9N3O3. The molecule has 0 fully saturated rings. The van der Waals surface area contributed by atoms with Gasteiger partial charge in [-0.1, -0.05) is 18.2 Å². The molecule has 0 aliphatic rings. The van der Waals surface area contributed by atoms with Crippen LogP contribution >= 0.6 is 0 Å². The molecule has 0 spiro atoms. The molecule has 1 N–H and O–H groups in total. The van der Waals surface area contributed by atoms with Crippen molar-refractivity contribution < 1.29 is 4.42 Å². The number of hydrogen-bond acceptors (Lipinski definition) is 4. The molecule has 3 rings (SSSR count). The first-order chi connectivity index (χ1) is 9.69. The van der Waals surface area contributed by atoms with E-state index in [0.29, 0.717) is 5.56 Å². The summed E-state index contributed by atoms with van der Waals surface area (Å²) in [6.07, 6.45) is 1.54. The molecule has 1 aromatic carbocycles. The molecule has 0 saturated carbocycles. The van der Waals surface area contributed by atoms with Gasteiger partial charge < -0.3 is 8.98 Å². The zero-order valence-electron chi connectivity index (χ0n) is 10.3. The van der Waals surface area contributed by atoms with E-state index in [2.05, 4.69) is 11.1 Å². The lowest BCUT2D eigenvalue weighted by molar-refractivity contribution is 0.555. The Hall–Kier alpha value is -3.07. The molecule has 2 aromatic heterocycles. The van der Waals surface area contributed by atoms with Gasteiger partial charge in [0.15, 0.2) is 11.1 Å². The molecule has 0 aliphatic carbocycles. The summed E-state index contributed by atoms with van der Waals surface area (Å²) in [5, 5.41) is 9.04. The molecule has 0 aliphatic heterocycles. The lowest BCUT2D eigenvalue weighted by Gasteiger charge is -2.06. The van der Waals surface area contributed by atoms with E-state index in [4.69, 9.17) is 9.68 Å². The Morgan fingerprint density at radius 3 is 2.85 bits per heavy atom. The van der Waals surface area contributed by atoms with Gasteiger partial charge in [-0.2, -0.15) is 5.26 Å². The van der Waals surface area contributed by atoms with Crippen LogP contribution in [0, 0.1) is 11.3 Å². The number of fused-ring (bicyclic) bond motifs is 1. The second kappa shape index (κ2) is 4.55. The average molecular weight is 267 g/mol. The number of hydrogen-bond donors (Lipinski definition) is 1. The van der Waals surface area contributed by atoms with Gasteiger partial charge in [0.2, 0.25) is 0 Å². The molecule has 6 heteroatoms. The van der Waals surface area contributed by atoms with Gasteiger partial charge in [-0.05, 0) is 17.7 Å². The summed E-state index contributed by atoms with van der Waals surface area (Å²) in [6.45, 7) is 0.256. The maximum atomic E-state index is 12.2. The minimum absolute atomic E-state index is 0.131. The van der Waals surface area contributed by atoms with Gasteiger partial charge in [0.1, 0.15) is 0 Å². The van der Waals surface area contributed by atoms with E-state index in [1.165, 1.54) is 10.8 Å². The number of pyridine rings is 1. The first-order valence-corrected chi connectivity index (χ1v) is 5.89. The molecule has 6 nitrogen and oxygen atoms in total. The van der Waals surface area contributed by atoms with Crippen LogP contribution in [0.25, 0.3) is 11.1 Å². The molecule has 0 saturated heterocycles. The Labute approximate surface area is 112 Å². The molecule has 0 atom stereocenters. The second-order valence-corrected chi connectivity index (χ2v) is 4.27. The lowest BCUT2D eigenvalue weighted by Crippen LogP contribution is -2.20. The highest BCUT2D eigenvalue weighted by Gasteiger charge is 2.09. The van der Waals surface area contributed by atoms with Crippen molar-refractivity contribution in [2.24, 2.45) is 0 Å². The number of H-pyrrole nitrogens is 1. The molecule has 0 radical (unpaired) electrons. The number of aromatic nitrogens is 2. The number of nitrogens with one attached hydrogen (secondary N) is 1. The lowest BCUT2D eigenvalue weighted by atomic mass is 10.1. The van der Waals surface area contributed by atoms with Crippen LogP contribution < -0.4 is 11.3 Å². The fraction of sp³-hybridized carbons (Fsp3) is 0.0714. The average Bonchev–Trinajstić information content (AvgIpc) is 2.84. The van der Waals surface area contributed by atoms with Crippen molar-refractivity contribution in [1.82, 2.24) is 9.55 Å². The highest BCUT2D eigenvalue weighted by atomic mass is 16.4. The zero-order chi connectivity index (χ0) is 14.1. The number of oxazole rings is 1. The van der Waals surface area contributed by atoms with Gasteiger partial charge in [-0.15, -0.1) is 0 Å². The van der Waals surface area contributed by atoms with Gasteiger partial charge >= 0.3 is 5.76 Å². The van der Waals surface area contributed by atoms with Crippen molar-refractivity contribution in [1.29, 1.82) is 5.26 Å². The molecule has 20 heavy (non-hydrogen) atoms. The summed E-state index contributed by atoms with van der Waals surface area (Å²) in [5.41, 5.74) is 1.25. The molecule has 3 aromatic rings. The SMILES string of the molecule is N#Cc1ccccc1Cn1ccc2oc(=O)[nH]c2c1=O. The van der Waals surface area contributed by atoms with Crippen LogP contribution in [0.2, 0.25) is 0 Å². The molecule has 0 bridgehead atoms. The Balaban J connectivity index is 2.12. The number of nitriles is 1. The predicted molar refractivity (Wildman–Crippen MR) is 71.4 cm³/mol. The minimum atomic E-state index is -0.660. The van der Waals surface area contributed by atoms with Crippen LogP contribution in [0.1, 0.15) is 11.1 Å². The highest BCUT2D eigenvalue weighted by molar-refractivity contribution is 5.70. The normalized spacial score (nSPS) is 10.6. The molecule has 0 amide bonds. The smallest absolute Gasteiger partial charge is 0.408 e. The summed E-state index contributed by atoms with van der Waals surface area (Å²) in [7, 11) is 0. The zero-order valence-corrected chi connectivity index (χ0v) is 10.3. The third-order valence-corrected chi connectivity index (χ3v) is 3.04.